The van der Waals surface area contributed by atoms with Gasteiger partial charge < -0.3 is 10.1 Å². The maximum Gasteiger partial charge on any atom is 0.408 e. The second-order valence-corrected chi connectivity index (χ2v) is 8.01. The van der Waals surface area contributed by atoms with Crippen molar-refractivity contribution in [2.24, 2.45) is 0 Å². The number of nitrogens with zero attached hydrogens (tertiary/aromatic N) is 1. The SMILES string of the molecule is CN(CC(=O)C(Cc1ccccc1)NC(=O)OC(C)(C)C)Cc1ccccc1. The van der Waals surface area contributed by atoms with E-state index in [0.29, 0.717) is 13.0 Å². The van der Waals surface area contributed by atoms with Crippen LogP contribution in [0.4, 0.5) is 4.79 Å². The van der Waals surface area contributed by atoms with Crippen molar-refractivity contribution in [3.63, 3.8) is 0 Å². The summed E-state index contributed by atoms with van der Waals surface area (Å²) >= 11 is 0. The van der Waals surface area contributed by atoms with E-state index in [2.05, 4.69) is 5.32 Å². The van der Waals surface area contributed by atoms with Crippen LogP contribution in [-0.2, 0) is 22.5 Å². The van der Waals surface area contributed by atoms with Crippen LogP contribution in [0.5, 0.6) is 0 Å². The number of nitrogens with one attached hydrogen (secondary N) is 1. The van der Waals surface area contributed by atoms with Gasteiger partial charge >= 0.3 is 6.09 Å². The summed E-state index contributed by atoms with van der Waals surface area (Å²) in [7, 11) is 1.90. The molecule has 2 rings (SSSR count). The normalized spacial score (nSPS) is 12.5. The number of amides is 1. The van der Waals surface area contributed by atoms with Gasteiger partial charge in [-0.1, -0.05) is 60.7 Å². The highest BCUT2D eigenvalue weighted by Crippen LogP contribution is 2.10. The fourth-order valence-corrected chi connectivity index (χ4v) is 2.87. The molecule has 0 saturated heterocycles. The Labute approximate surface area is 167 Å². The van der Waals surface area contributed by atoms with Gasteiger partial charge in [0, 0.05) is 6.54 Å². The number of alkyl carbamates (subject to hydrolysis) is 1. The maximum atomic E-state index is 12.9. The second-order valence-electron chi connectivity index (χ2n) is 8.01. The standard InChI is InChI=1S/C23H30N2O3/c1-23(2,3)28-22(27)24-20(15-18-11-7-5-8-12-18)21(26)17-25(4)16-19-13-9-6-10-14-19/h5-14,20H,15-17H2,1-4H3,(H,24,27). The van der Waals surface area contributed by atoms with Crippen molar-refractivity contribution in [1.82, 2.24) is 10.2 Å². The van der Waals surface area contributed by atoms with Crippen molar-refractivity contribution in [2.45, 2.75) is 45.4 Å². The highest BCUT2D eigenvalue weighted by molar-refractivity contribution is 5.89. The van der Waals surface area contributed by atoms with Crippen LogP contribution in [0.25, 0.3) is 0 Å². The van der Waals surface area contributed by atoms with Crippen LogP contribution in [0.2, 0.25) is 0 Å². The molecule has 0 aliphatic carbocycles. The Bertz CT molecular complexity index is 754. The molecule has 1 atom stereocenters. The summed E-state index contributed by atoms with van der Waals surface area (Å²) in [4.78, 5) is 27.1. The van der Waals surface area contributed by atoms with Crippen molar-refractivity contribution in [3.8, 4) is 0 Å². The molecule has 1 N–H and O–H groups in total. The van der Waals surface area contributed by atoms with E-state index in [0.717, 1.165) is 11.1 Å². The van der Waals surface area contributed by atoms with Gasteiger partial charge in [0.05, 0.1) is 12.6 Å². The summed E-state index contributed by atoms with van der Waals surface area (Å²) in [5.74, 6) is -0.0480. The predicted octanol–water partition coefficient (Wildman–Crippen LogP) is 3.82. The highest BCUT2D eigenvalue weighted by Gasteiger charge is 2.25. The summed E-state index contributed by atoms with van der Waals surface area (Å²) in [6.07, 6.45) is -0.148. The fraction of sp³-hybridized carbons (Fsp3) is 0.391. The van der Waals surface area contributed by atoms with Gasteiger partial charge in [0.15, 0.2) is 5.78 Å². The highest BCUT2D eigenvalue weighted by atomic mass is 16.6. The van der Waals surface area contributed by atoms with Crippen molar-refractivity contribution >= 4 is 11.9 Å². The largest absolute Gasteiger partial charge is 0.444 e. The molecule has 0 bridgehead atoms. The molecule has 150 valence electrons. The van der Waals surface area contributed by atoms with E-state index in [9.17, 15) is 9.59 Å². The maximum absolute atomic E-state index is 12.9. The molecule has 0 fully saturated rings. The van der Waals surface area contributed by atoms with Crippen LogP contribution in [0.1, 0.15) is 31.9 Å². The van der Waals surface area contributed by atoms with E-state index >= 15 is 0 Å². The average molecular weight is 383 g/mol. The minimum Gasteiger partial charge on any atom is -0.444 e. The zero-order chi connectivity index (χ0) is 20.6. The summed E-state index contributed by atoms with van der Waals surface area (Å²) in [5.41, 5.74) is 1.51. The van der Waals surface area contributed by atoms with Crippen molar-refractivity contribution < 1.29 is 14.3 Å². The number of benzene rings is 2. The molecule has 5 heteroatoms. The van der Waals surface area contributed by atoms with E-state index in [1.165, 1.54) is 0 Å². The van der Waals surface area contributed by atoms with Crippen LogP contribution >= 0.6 is 0 Å². The number of carbonyl (C=O) groups is 2. The summed E-state index contributed by atoms with van der Waals surface area (Å²) in [6.45, 7) is 6.30. The molecule has 0 radical (unpaired) electrons. The van der Waals surface area contributed by atoms with Crippen molar-refractivity contribution in [1.29, 1.82) is 0 Å². The number of hydrogen-bond acceptors (Lipinski definition) is 4. The third kappa shape index (κ3) is 7.92. The monoisotopic (exact) mass is 382 g/mol. The molecule has 28 heavy (non-hydrogen) atoms. The first kappa shape index (κ1) is 21.6. The van der Waals surface area contributed by atoms with Gasteiger partial charge in [-0.3, -0.25) is 9.69 Å². The molecule has 0 heterocycles. The minimum atomic E-state index is -0.643. The Morgan fingerprint density at radius 3 is 2.04 bits per heavy atom. The first-order chi connectivity index (χ1) is 13.2. The molecule has 2 aromatic carbocycles. The molecule has 0 aliphatic rings. The lowest BCUT2D eigenvalue weighted by Gasteiger charge is -2.25. The number of Topliss-reactive ketones (excluding diaryl/α,β-unsaturated/α-hetero) is 1. The molecule has 0 saturated carbocycles. The average Bonchev–Trinajstić information content (AvgIpc) is 2.61. The number of ketones is 1. The third-order valence-electron chi connectivity index (χ3n) is 4.08. The Kier molecular flexibility index (Phi) is 7.76. The fourth-order valence-electron chi connectivity index (χ4n) is 2.87. The Morgan fingerprint density at radius 1 is 0.964 bits per heavy atom. The lowest BCUT2D eigenvalue weighted by atomic mass is 10.0. The van der Waals surface area contributed by atoms with Crippen molar-refractivity contribution in [2.75, 3.05) is 13.6 Å². The lowest BCUT2D eigenvalue weighted by Crippen LogP contribution is -2.47. The number of carbonyl (C=O) groups excluding carboxylic acids is 2. The Hall–Kier alpha value is -2.66. The van der Waals surface area contributed by atoms with Gasteiger partial charge in [0.2, 0.25) is 0 Å². The molecule has 1 unspecified atom stereocenters. The molecule has 1 amide bonds. The van der Waals surface area contributed by atoms with Gasteiger partial charge in [-0.15, -0.1) is 0 Å². The van der Waals surface area contributed by atoms with Crippen LogP contribution in [0, 0.1) is 0 Å². The third-order valence-corrected chi connectivity index (χ3v) is 4.08. The van der Waals surface area contributed by atoms with E-state index in [4.69, 9.17) is 4.74 Å². The van der Waals surface area contributed by atoms with Gasteiger partial charge in [-0.05, 0) is 45.4 Å². The zero-order valence-corrected chi connectivity index (χ0v) is 17.1. The number of hydrogen-bond donors (Lipinski definition) is 1. The molecule has 0 aromatic heterocycles. The van der Waals surface area contributed by atoms with Gasteiger partial charge in [0.1, 0.15) is 5.60 Å². The Morgan fingerprint density at radius 2 is 1.50 bits per heavy atom. The number of rotatable bonds is 8. The number of ether oxygens (including phenoxy) is 1. The van der Waals surface area contributed by atoms with Crippen LogP contribution in [0.3, 0.4) is 0 Å². The van der Waals surface area contributed by atoms with E-state index in [1.54, 1.807) is 20.8 Å². The van der Waals surface area contributed by atoms with E-state index < -0.39 is 17.7 Å². The minimum absolute atomic E-state index is 0.0480. The molecule has 0 aliphatic heterocycles. The summed E-state index contributed by atoms with van der Waals surface area (Å²) in [6, 6.07) is 19.0. The first-order valence-corrected chi connectivity index (χ1v) is 9.51. The topological polar surface area (TPSA) is 58.6 Å². The second kappa shape index (κ2) is 10.0. The summed E-state index contributed by atoms with van der Waals surface area (Å²) in [5, 5.41) is 2.75. The predicted molar refractivity (Wildman–Crippen MR) is 111 cm³/mol. The first-order valence-electron chi connectivity index (χ1n) is 9.51. The molecule has 0 spiro atoms. The van der Waals surface area contributed by atoms with Crippen LogP contribution in [0.15, 0.2) is 60.7 Å². The Balaban J connectivity index is 2.03. The van der Waals surface area contributed by atoms with Gasteiger partial charge in [-0.25, -0.2) is 4.79 Å². The quantitative estimate of drug-likeness (QED) is 0.754. The van der Waals surface area contributed by atoms with Gasteiger partial charge in [0.25, 0.3) is 0 Å². The molecule has 2 aromatic rings. The number of likely N-dealkylation sites (N-methyl/N-ethyl adjacent to an activating group) is 1. The van der Waals surface area contributed by atoms with E-state index in [1.807, 2.05) is 72.6 Å². The van der Waals surface area contributed by atoms with Gasteiger partial charge in [-0.2, -0.15) is 0 Å². The smallest absolute Gasteiger partial charge is 0.408 e. The van der Waals surface area contributed by atoms with Crippen LogP contribution in [-0.4, -0.2) is 42.0 Å². The molecule has 5 nitrogen and oxygen atoms in total. The molecular weight excluding hydrogens is 352 g/mol. The van der Waals surface area contributed by atoms with E-state index in [-0.39, 0.29) is 12.3 Å². The van der Waals surface area contributed by atoms with Crippen LogP contribution < -0.4 is 5.32 Å². The van der Waals surface area contributed by atoms with Crippen molar-refractivity contribution in [3.05, 3.63) is 71.8 Å². The summed E-state index contributed by atoms with van der Waals surface area (Å²) < 4.78 is 5.34. The zero-order valence-electron chi connectivity index (χ0n) is 17.1. The lowest BCUT2D eigenvalue weighted by molar-refractivity contribution is -0.122. The molecular formula is C23H30N2O3.